The summed E-state index contributed by atoms with van der Waals surface area (Å²) in [6, 6.07) is 6.48. The maximum absolute atomic E-state index is 5.89. The molecular weight excluding hydrogens is 248 g/mol. The molecule has 1 fully saturated rings. The zero-order chi connectivity index (χ0) is 14.4. The number of hydrogen-bond donors (Lipinski definition) is 1. The van der Waals surface area contributed by atoms with Gasteiger partial charge in [0, 0.05) is 18.7 Å². The lowest BCUT2D eigenvalue weighted by atomic mass is 10.1. The second-order valence-electron chi connectivity index (χ2n) is 6.00. The van der Waals surface area contributed by atoms with E-state index in [-0.39, 0.29) is 6.10 Å². The zero-order valence-corrected chi connectivity index (χ0v) is 12.9. The Morgan fingerprint density at radius 3 is 2.45 bits per heavy atom. The largest absolute Gasteiger partial charge is 0.491 e. The Kier molecular flexibility index (Phi) is 5.86. The molecule has 1 heterocycles. The summed E-state index contributed by atoms with van der Waals surface area (Å²) >= 11 is 0. The Morgan fingerprint density at radius 1 is 1.15 bits per heavy atom. The van der Waals surface area contributed by atoms with Crippen LogP contribution in [0.1, 0.15) is 50.7 Å². The molecule has 1 aromatic carbocycles. The van der Waals surface area contributed by atoms with Crippen LogP contribution in [0, 0.1) is 0 Å². The lowest BCUT2D eigenvalue weighted by Gasteiger charge is -2.21. The van der Waals surface area contributed by atoms with E-state index in [9.17, 15) is 0 Å². The normalized spacial score (nSPS) is 17.2. The van der Waals surface area contributed by atoms with E-state index in [1.165, 1.54) is 44.3 Å². The molecule has 0 spiro atoms. The van der Waals surface area contributed by atoms with Gasteiger partial charge in [-0.1, -0.05) is 25.0 Å². The molecule has 20 heavy (non-hydrogen) atoms. The Bertz CT molecular complexity index is 409. The van der Waals surface area contributed by atoms with E-state index >= 15 is 0 Å². The number of ether oxygens (including phenoxy) is 1. The predicted molar refractivity (Wildman–Crippen MR) is 83.8 cm³/mol. The molecule has 0 radical (unpaired) electrons. The average Bonchev–Trinajstić information content (AvgIpc) is 2.67. The molecular formula is C17H28N2O. The molecule has 112 valence electrons. The van der Waals surface area contributed by atoms with Gasteiger partial charge in [-0.25, -0.2) is 0 Å². The molecule has 2 N–H and O–H groups in total. The molecule has 0 amide bonds. The summed E-state index contributed by atoms with van der Waals surface area (Å²) in [5.74, 6) is 0.954. The van der Waals surface area contributed by atoms with Crippen LogP contribution in [-0.2, 0) is 13.1 Å². The molecule has 1 aliphatic rings. The van der Waals surface area contributed by atoms with Gasteiger partial charge in [-0.15, -0.1) is 0 Å². The fourth-order valence-corrected chi connectivity index (χ4v) is 2.78. The van der Waals surface area contributed by atoms with Gasteiger partial charge in [0.05, 0.1) is 6.10 Å². The van der Waals surface area contributed by atoms with Gasteiger partial charge >= 0.3 is 0 Å². The van der Waals surface area contributed by atoms with Crippen LogP contribution in [0.3, 0.4) is 0 Å². The van der Waals surface area contributed by atoms with E-state index in [0.717, 1.165) is 17.9 Å². The molecule has 0 saturated carbocycles. The van der Waals surface area contributed by atoms with Crippen molar-refractivity contribution >= 4 is 0 Å². The first-order valence-electron chi connectivity index (χ1n) is 7.90. The summed E-state index contributed by atoms with van der Waals surface area (Å²) in [5, 5.41) is 0. The predicted octanol–water partition coefficient (Wildman–Crippen LogP) is 3.31. The van der Waals surface area contributed by atoms with E-state index in [2.05, 4.69) is 36.9 Å². The highest BCUT2D eigenvalue weighted by Crippen LogP contribution is 2.23. The van der Waals surface area contributed by atoms with Gasteiger partial charge in [-0.3, -0.25) is 4.90 Å². The van der Waals surface area contributed by atoms with E-state index < -0.39 is 0 Å². The SMILES string of the molecule is CC(C)Oc1cc(CN2CCCCCC2)ccc1CN. The van der Waals surface area contributed by atoms with Crippen molar-refractivity contribution in [3.05, 3.63) is 29.3 Å². The van der Waals surface area contributed by atoms with Gasteiger partial charge in [0.15, 0.2) is 0 Å². The van der Waals surface area contributed by atoms with Crippen LogP contribution in [0.2, 0.25) is 0 Å². The van der Waals surface area contributed by atoms with Crippen LogP contribution >= 0.6 is 0 Å². The van der Waals surface area contributed by atoms with E-state index in [0.29, 0.717) is 6.54 Å². The number of likely N-dealkylation sites (tertiary alicyclic amines) is 1. The highest BCUT2D eigenvalue weighted by molar-refractivity contribution is 5.37. The van der Waals surface area contributed by atoms with Crippen LogP contribution in [0.25, 0.3) is 0 Å². The van der Waals surface area contributed by atoms with Crippen molar-refractivity contribution in [3.63, 3.8) is 0 Å². The number of benzene rings is 1. The molecule has 2 rings (SSSR count). The summed E-state index contributed by atoms with van der Waals surface area (Å²) in [7, 11) is 0. The fourth-order valence-electron chi connectivity index (χ4n) is 2.78. The van der Waals surface area contributed by atoms with Crippen molar-refractivity contribution in [1.29, 1.82) is 0 Å². The fraction of sp³-hybridized carbons (Fsp3) is 0.647. The molecule has 3 nitrogen and oxygen atoms in total. The van der Waals surface area contributed by atoms with Gasteiger partial charge < -0.3 is 10.5 Å². The maximum Gasteiger partial charge on any atom is 0.124 e. The number of nitrogens with two attached hydrogens (primary N) is 1. The third kappa shape index (κ3) is 4.50. The Balaban J connectivity index is 2.07. The summed E-state index contributed by atoms with van der Waals surface area (Å²) in [4.78, 5) is 2.56. The van der Waals surface area contributed by atoms with E-state index in [4.69, 9.17) is 10.5 Å². The molecule has 0 unspecified atom stereocenters. The molecule has 0 bridgehead atoms. The number of hydrogen-bond acceptors (Lipinski definition) is 3. The highest BCUT2D eigenvalue weighted by Gasteiger charge is 2.11. The maximum atomic E-state index is 5.89. The third-order valence-electron chi connectivity index (χ3n) is 3.82. The van der Waals surface area contributed by atoms with Crippen LogP contribution in [0.15, 0.2) is 18.2 Å². The Labute approximate surface area is 123 Å². The van der Waals surface area contributed by atoms with Crippen molar-refractivity contribution in [1.82, 2.24) is 4.90 Å². The third-order valence-corrected chi connectivity index (χ3v) is 3.82. The van der Waals surface area contributed by atoms with E-state index in [1.54, 1.807) is 0 Å². The van der Waals surface area contributed by atoms with Gasteiger partial charge in [0.2, 0.25) is 0 Å². The first kappa shape index (κ1) is 15.3. The number of nitrogens with zero attached hydrogens (tertiary/aromatic N) is 1. The lowest BCUT2D eigenvalue weighted by Crippen LogP contribution is -2.24. The van der Waals surface area contributed by atoms with Gasteiger partial charge in [0.1, 0.15) is 5.75 Å². The minimum atomic E-state index is 0.189. The quantitative estimate of drug-likeness (QED) is 0.896. The monoisotopic (exact) mass is 276 g/mol. The number of rotatable bonds is 5. The van der Waals surface area contributed by atoms with Gasteiger partial charge in [0.25, 0.3) is 0 Å². The molecule has 0 aliphatic carbocycles. The minimum absolute atomic E-state index is 0.189. The van der Waals surface area contributed by atoms with Crippen molar-refractivity contribution in [2.75, 3.05) is 13.1 Å². The molecule has 1 saturated heterocycles. The van der Waals surface area contributed by atoms with Crippen molar-refractivity contribution in [2.24, 2.45) is 5.73 Å². The summed E-state index contributed by atoms with van der Waals surface area (Å²) in [5.41, 5.74) is 8.22. The molecule has 0 aromatic heterocycles. The summed E-state index contributed by atoms with van der Waals surface area (Å²) in [6.45, 7) is 8.12. The summed E-state index contributed by atoms with van der Waals surface area (Å²) in [6.07, 6.45) is 5.61. The molecule has 1 aliphatic heterocycles. The molecule has 3 heteroatoms. The van der Waals surface area contributed by atoms with Crippen molar-refractivity contribution in [3.8, 4) is 5.75 Å². The van der Waals surface area contributed by atoms with Crippen molar-refractivity contribution in [2.45, 2.75) is 58.7 Å². The van der Waals surface area contributed by atoms with Crippen LogP contribution in [-0.4, -0.2) is 24.1 Å². The molecule has 1 aromatic rings. The zero-order valence-electron chi connectivity index (χ0n) is 12.9. The van der Waals surface area contributed by atoms with Gasteiger partial charge in [-0.05, 0) is 51.4 Å². The van der Waals surface area contributed by atoms with Crippen LogP contribution < -0.4 is 10.5 Å². The molecule has 0 atom stereocenters. The van der Waals surface area contributed by atoms with Crippen LogP contribution in [0.5, 0.6) is 5.75 Å². The minimum Gasteiger partial charge on any atom is -0.491 e. The second-order valence-corrected chi connectivity index (χ2v) is 6.00. The smallest absolute Gasteiger partial charge is 0.124 e. The lowest BCUT2D eigenvalue weighted by molar-refractivity contribution is 0.238. The second kappa shape index (κ2) is 7.65. The average molecular weight is 276 g/mol. The van der Waals surface area contributed by atoms with E-state index in [1.807, 2.05) is 0 Å². The highest BCUT2D eigenvalue weighted by atomic mass is 16.5. The summed E-state index contributed by atoms with van der Waals surface area (Å²) < 4.78 is 5.89. The van der Waals surface area contributed by atoms with Crippen molar-refractivity contribution < 1.29 is 4.74 Å². The van der Waals surface area contributed by atoms with Gasteiger partial charge in [-0.2, -0.15) is 0 Å². The standard InChI is InChI=1S/C17H28N2O/c1-14(2)20-17-11-15(7-8-16(17)12-18)13-19-9-5-3-4-6-10-19/h7-8,11,14H,3-6,9-10,12-13,18H2,1-2H3. The topological polar surface area (TPSA) is 38.5 Å². The Hall–Kier alpha value is -1.06. The first-order valence-corrected chi connectivity index (χ1v) is 7.90. The first-order chi connectivity index (χ1) is 9.69. The Morgan fingerprint density at radius 2 is 1.85 bits per heavy atom. The van der Waals surface area contributed by atoms with Crippen LogP contribution in [0.4, 0.5) is 0 Å².